The Morgan fingerprint density at radius 1 is 1.30 bits per heavy atom. The summed E-state index contributed by atoms with van der Waals surface area (Å²) in [5, 5.41) is 3.57. The van der Waals surface area contributed by atoms with E-state index in [-0.39, 0.29) is 5.91 Å². The molecule has 2 rings (SSSR count). The van der Waals surface area contributed by atoms with Gasteiger partial charge in [-0.1, -0.05) is 18.5 Å². The van der Waals surface area contributed by atoms with E-state index in [4.69, 9.17) is 11.6 Å². The van der Waals surface area contributed by atoms with Crippen molar-refractivity contribution in [1.29, 1.82) is 0 Å². The van der Waals surface area contributed by atoms with Crippen LogP contribution >= 0.6 is 11.6 Å². The van der Waals surface area contributed by atoms with E-state index in [0.29, 0.717) is 11.4 Å². The molecule has 1 N–H and O–H groups in total. The third-order valence-electron chi connectivity index (χ3n) is 3.55. The van der Waals surface area contributed by atoms with Gasteiger partial charge in [0.1, 0.15) is 0 Å². The highest BCUT2D eigenvalue weighted by molar-refractivity contribution is 6.33. The number of likely N-dealkylation sites (N-methyl/N-ethyl adjacent to an activating group) is 1. The van der Waals surface area contributed by atoms with Crippen LogP contribution in [0.3, 0.4) is 0 Å². The van der Waals surface area contributed by atoms with Gasteiger partial charge in [-0.05, 0) is 31.7 Å². The normalized spacial score (nSPS) is 16.2. The molecule has 1 heterocycles. The third-order valence-corrected chi connectivity index (χ3v) is 3.86. The monoisotopic (exact) mass is 295 g/mol. The molecule has 1 aliphatic rings. The van der Waals surface area contributed by atoms with E-state index < -0.39 is 0 Å². The minimum atomic E-state index is 0.0379. The molecule has 0 saturated carbocycles. The molecule has 1 aromatic rings. The average molecular weight is 296 g/mol. The highest BCUT2D eigenvalue weighted by Crippen LogP contribution is 2.29. The van der Waals surface area contributed by atoms with Crippen LogP contribution in [0.1, 0.15) is 19.8 Å². The number of nitrogens with zero attached hydrogens (tertiary/aromatic N) is 2. The molecule has 20 heavy (non-hydrogen) atoms. The van der Waals surface area contributed by atoms with Gasteiger partial charge in [0.2, 0.25) is 5.91 Å². The Hall–Kier alpha value is -1.26. The lowest BCUT2D eigenvalue weighted by atomic mass is 10.2. The van der Waals surface area contributed by atoms with Crippen molar-refractivity contribution in [2.24, 2.45) is 0 Å². The molecular weight excluding hydrogens is 274 g/mol. The maximum Gasteiger partial charge on any atom is 0.224 e. The first-order valence-electron chi connectivity index (χ1n) is 7.13. The number of hydrogen-bond acceptors (Lipinski definition) is 3. The molecule has 0 spiro atoms. The Kier molecular flexibility index (Phi) is 5.26. The Morgan fingerprint density at radius 2 is 2.00 bits per heavy atom. The van der Waals surface area contributed by atoms with Crippen LogP contribution < -0.4 is 10.2 Å². The lowest BCUT2D eigenvalue weighted by Crippen LogP contribution is -2.44. The van der Waals surface area contributed by atoms with Crippen LogP contribution in [-0.2, 0) is 4.79 Å². The Bertz CT molecular complexity index is 470. The van der Waals surface area contributed by atoms with E-state index in [1.165, 1.54) is 0 Å². The van der Waals surface area contributed by atoms with Gasteiger partial charge >= 0.3 is 0 Å². The Balaban J connectivity index is 2.04. The predicted octanol–water partition coefficient (Wildman–Crippen LogP) is 2.83. The number of carbonyl (C=O) groups excluding carboxylic acids is 1. The third kappa shape index (κ3) is 3.87. The largest absolute Gasteiger partial charge is 0.368 e. The van der Waals surface area contributed by atoms with Crippen molar-refractivity contribution in [3.63, 3.8) is 0 Å². The highest BCUT2D eigenvalue weighted by atomic mass is 35.5. The van der Waals surface area contributed by atoms with E-state index in [0.717, 1.165) is 44.0 Å². The van der Waals surface area contributed by atoms with Gasteiger partial charge in [-0.3, -0.25) is 4.79 Å². The predicted molar refractivity (Wildman–Crippen MR) is 84.7 cm³/mol. The van der Waals surface area contributed by atoms with E-state index in [9.17, 15) is 4.79 Å². The number of hydrogen-bond donors (Lipinski definition) is 1. The number of halogens is 1. The molecule has 0 atom stereocenters. The lowest BCUT2D eigenvalue weighted by Gasteiger charge is -2.34. The van der Waals surface area contributed by atoms with Gasteiger partial charge in [0.15, 0.2) is 0 Å². The molecule has 1 aliphatic heterocycles. The molecule has 4 nitrogen and oxygen atoms in total. The van der Waals surface area contributed by atoms with Crippen LogP contribution in [-0.4, -0.2) is 44.0 Å². The van der Waals surface area contributed by atoms with E-state index in [2.05, 4.69) is 22.2 Å². The summed E-state index contributed by atoms with van der Waals surface area (Å²) in [4.78, 5) is 16.2. The van der Waals surface area contributed by atoms with Crippen LogP contribution in [0.2, 0.25) is 5.02 Å². The molecule has 0 unspecified atom stereocenters. The Morgan fingerprint density at radius 3 is 2.60 bits per heavy atom. The van der Waals surface area contributed by atoms with Gasteiger partial charge < -0.3 is 15.1 Å². The molecule has 1 amide bonds. The van der Waals surface area contributed by atoms with Crippen molar-refractivity contribution >= 4 is 28.9 Å². The van der Waals surface area contributed by atoms with Gasteiger partial charge in [0.05, 0.1) is 10.7 Å². The molecule has 0 aliphatic carbocycles. The number of rotatable bonds is 4. The molecule has 1 fully saturated rings. The zero-order valence-corrected chi connectivity index (χ0v) is 12.9. The maximum atomic E-state index is 11.6. The van der Waals surface area contributed by atoms with Gasteiger partial charge in [0.25, 0.3) is 0 Å². The molecular formula is C15H22ClN3O. The lowest BCUT2D eigenvalue weighted by molar-refractivity contribution is -0.116. The summed E-state index contributed by atoms with van der Waals surface area (Å²) in [6.45, 7) is 6.05. The summed E-state index contributed by atoms with van der Waals surface area (Å²) in [6.07, 6.45) is 1.39. The fourth-order valence-corrected chi connectivity index (χ4v) is 2.64. The summed E-state index contributed by atoms with van der Waals surface area (Å²) in [7, 11) is 2.13. The number of amides is 1. The topological polar surface area (TPSA) is 35.6 Å². The van der Waals surface area contributed by atoms with Crippen LogP contribution in [0.5, 0.6) is 0 Å². The van der Waals surface area contributed by atoms with E-state index >= 15 is 0 Å². The zero-order chi connectivity index (χ0) is 14.5. The van der Waals surface area contributed by atoms with Crippen molar-refractivity contribution in [1.82, 2.24) is 4.90 Å². The van der Waals surface area contributed by atoms with Crippen LogP contribution in [0.15, 0.2) is 18.2 Å². The number of anilines is 2. The van der Waals surface area contributed by atoms with Crippen molar-refractivity contribution < 1.29 is 4.79 Å². The van der Waals surface area contributed by atoms with E-state index in [1.807, 2.05) is 25.1 Å². The molecule has 1 saturated heterocycles. The zero-order valence-electron chi connectivity index (χ0n) is 12.2. The minimum absolute atomic E-state index is 0.0379. The summed E-state index contributed by atoms with van der Waals surface area (Å²) in [5.74, 6) is 0.0379. The maximum absolute atomic E-state index is 11.6. The quantitative estimate of drug-likeness (QED) is 0.928. The second-order valence-electron chi connectivity index (χ2n) is 5.25. The number of carbonyl (C=O) groups is 1. The Labute approximate surface area is 125 Å². The first-order chi connectivity index (χ1) is 9.60. The summed E-state index contributed by atoms with van der Waals surface area (Å²) >= 11 is 6.35. The van der Waals surface area contributed by atoms with Crippen molar-refractivity contribution in [3.8, 4) is 0 Å². The van der Waals surface area contributed by atoms with Crippen molar-refractivity contribution in [2.75, 3.05) is 43.4 Å². The first-order valence-corrected chi connectivity index (χ1v) is 7.51. The van der Waals surface area contributed by atoms with Crippen molar-refractivity contribution in [2.45, 2.75) is 19.8 Å². The molecule has 1 aromatic carbocycles. The molecule has 0 aromatic heterocycles. The summed E-state index contributed by atoms with van der Waals surface area (Å²) < 4.78 is 0. The second kappa shape index (κ2) is 6.95. The number of piperazine rings is 1. The molecule has 0 radical (unpaired) electrons. The van der Waals surface area contributed by atoms with Gasteiger partial charge in [-0.2, -0.15) is 0 Å². The smallest absolute Gasteiger partial charge is 0.224 e. The standard InChI is InChI=1S/C15H22ClN3O/c1-3-4-15(20)17-12-5-6-14(13(16)11-12)19-9-7-18(2)8-10-19/h5-6,11H,3-4,7-10H2,1-2H3,(H,17,20). The fourth-order valence-electron chi connectivity index (χ4n) is 2.34. The second-order valence-corrected chi connectivity index (χ2v) is 5.66. The fraction of sp³-hybridized carbons (Fsp3) is 0.533. The summed E-state index contributed by atoms with van der Waals surface area (Å²) in [5.41, 5.74) is 1.82. The first kappa shape index (κ1) is 15.1. The summed E-state index contributed by atoms with van der Waals surface area (Å²) in [6, 6.07) is 5.76. The van der Waals surface area contributed by atoms with Gasteiger partial charge in [-0.15, -0.1) is 0 Å². The molecule has 5 heteroatoms. The number of nitrogens with one attached hydrogen (secondary N) is 1. The van der Waals surface area contributed by atoms with Crippen LogP contribution in [0, 0.1) is 0 Å². The van der Waals surface area contributed by atoms with Crippen LogP contribution in [0.4, 0.5) is 11.4 Å². The molecule has 110 valence electrons. The number of benzene rings is 1. The SMILES string of the molecule is CCCC(=O)Nc1ccc(N2CCN(C)CC2)c(Cl)c1. The molecule has 0 bridgehead atoms. The highest BCUT2D eigenvalue weighted by Gasteiger charge is 2.16. The minimum Gasteiger partial charge on any atom is -0.368 e. The van der Waals surface area contributed by atoms with Crippen molar-refractivity contribution in [3.05, 3.63) is 23.2 Å². The van der Waals surface area contributed by atoms with Gasteiger partial charge in [-0.25, -0.2) is 0 Å². The van der Waals surface area contributed by atoms with Crippen LogP contribution in [0.25, 0.3) is 0 Å². The average Bonchev–Trinajstić information content (AvgIpc) is 2.40. The van der Waals surface area contributed by atoms with E-state index in [1.54, 1.807) is 0 Å². The van der Waals surface area contributed by atoms with Gasteiger partial charge in [0, 0.05) is 38.3 Å².